The molecule has 0 radical (unpaired) electrons. The Morgan fingerprint density at radius 1 is 1.16 bits per heavy atom. The Morgan fingerprint density at radius 3 is 2.40 bits per heavy atom. The number of amides is 2. The average Bonchev–Trinajstić information content (AvgIpc) is 2.60. The molecule has 7 heteroatoms. The summed E-state index contributed by atoms with van der Waals surface area (Å²) in [4.78, 5) is 38.3. The molecule has 1 aromatic rings. The molecular weight excluding hydrogens is 344 g/mol. The minimum atomic E-state index is -0.590. The van der Waals surface area contributed by atoms with Gasteiger partial charge >= 0.3 is 5.97 Å². The predicted molar refractivity (Wildman–Crippen MR) is 95.0 cm³/mol. The van der Waals surface area contributed by atoms with E-state index in [1.807, 2.05) is 19.1 Å². The third-order valence-corrected chi connectivity index (χ3v) is 4.43. The molecule has 1 aliphatic heterocycles. The maximum absolute atomic E-state index is 12.0. The molecule has 0 aromatic heterocycles. The van der Waals surface area contributed by atoms with Crippen molar-refractivity contribution in [1.29, 1.82) is 0 Å². The second-order valence-corrected chi connectivity index (χ2v) is 6.24. The molecule has 0 unspecified atom stereocenters. The Hall–Kier alpha value is -2.34. The lowest BCUT2D eigenvalue weighted by atomic mass is 10.1. The van der Waals surface area contributed by atoms with Gasteiger partial charge < -0.3 is 14.5 Å². The Kier molecular flexibility index (Phi) is 6.58. The lowest BCUT2D eigenvalue weighted by Gasteiger charge is -2.34. The van der Waals surface area contributed by atoms with E-state index in [1.54, 1.807) is 21.9 Å². The number of benzene rings is 1. The first kappa shape index (κ1) is 19.0. The van der Waals surface area contributed by atoms with E-state index in [0.717, 1.165) is 11.1 Å². The summed E-state index contributed by atoms with van der Waals surface area (Å²) < 4.78 is 4.98. The van der Waals surface area contributed by atoms with Gasteiger partial charge in [-0.25, -0.2) is 4.79 Å². The van der Waals surface area contributed by atoms with Gasteiger partial charge in [-0.15, -0.1) is 0 Å². The van der Waals surface area contributed by atoms with Gasteiger partial charge in [0.2, 0.25) is 5.91 Å². The molecule has 0 bridgehead atoms. The van der Waals surface area contributed by atoms with Gasteiger partial charge in [-0.1, -0.05) is 23.7 Å². The molecule has 1 aliphatic rings. The first-order valence-corrected chi connectivity index (χ1v) is 8.39. The van der Waals surface area contributed by atoms with Gasteiger partial charge in [-0.05, 0) is 30.2 Å². The molecule has 25 heavy (non-hydrogen) atoms. The SMILES string of the molecule is CC(=O)N1CCN(C(=O)COC(=O)/C=C/c2ccc(C)c(Cl)c2)CC1. The summed E-state index contributed by atoms with van der Waals surface area (Å²) in [5.41, 5.74) is 1.73. The molecule has 0 saturated carbocycles. The van der Waals surface area contributed by atoms with E-state index in [4.69, 9.17) is 16.3 Å². The van der Waals surface area contributed by atoms with Gasteiger partial charge in [-0.3, -0.25) is 9.59 Å². The van der Waals surface area contributed by atoms with E-state index < -0.39 is 5.97 Å². The second-order valence-electron chi connectivity index (χ2n) is 5.84. The summed E-state index contributed by atoms with van der Waals surface area (Å²) in [7, 11) is 0. The minimum absolute atomic E-state index is 0.000118. The van der Waals surface area contributed by atoms with Crippen LogP contribution < -0.4 is 0 Å². The van der Waals surface area contributed by atoms with Crippen LogP contribution >= 0.6 is 11.6 Å². The zero-order valence-corrected chi connectivity index (χ0v) is 15.1. The fourth-order valence-electron chi connectivity index (χ4n) is 2.42. The van der Waals surface area contributed by atoms with E-state index in [9.17, 15) is 14.4 Å². The van der Waals surface area contributed by atoms with Crippen LogP contribution in [0.2, 0.25) is 5.02 Å². The molecule has 0 aliphatic carbocycles. The van der Waals surface area contributed by atoms with E-state index >= 15 is 0 Å². The molecule has 0 atom stereocenters. The number of nitrogens with zero attached hydrogens (tertiary/aromatic N) is 2. The highest BCUT2D eigenvalue weighted by atomic mass is 35.5. The second kappa shape index (κ2) is 8.67. The van der Waals surface area contributed by atoms with Crippen molar-refractivity contribution in [2.24, 2.45) is 0 Å². The molecule has 2 amide bonds. The Bertz CT molecular complexity index is 694. The van der Waals surface area contributed by atoms with Crippen LogP contribution in [0.15, 0.2) is 24.3 Å². The summed E-state index contributed by atoms with van der Waals surface area (Å²) in [5, 5.41) is 0.621. The van der Waals surface area contributed by atoms with E-state index in [0.29, 0.717) is 31.2 Å². The maximum Gasteiger partial charge on any atom is 0.331 e. The van der Waals surface area contributed by atoms with Crippen LogP contribution in [0.25, 0.3) is 6.08 Å². The van der Waals surface area contributed by atoms with Crippen LogP contribution in [-0.4, -0.2) is 60.4 Å². The number of esters is 1. The molecular formula is C18H21ClN2O4. The Morgan fingerprint density at radius 2 is 1.80 bits per heavy atom. The first-order valence-electron chi connectivity index (χ1n) is 8.01. The molecule has 1 heterocycles. The van der Waals surface area contributed by atoms with E-state index in [1.165, 1.54) is 13.0 Å². The van der Waals surface area contributed by atoms with Crippen molar-refractivity contribution in [1.82, 2.24) is 9.80 Å². The molecule has 1 aromatic carbocycles. The molecule has 1 saturated heterocycles. The summed E-state index contributed by atoms with van der Waals surface area (Å²) in [5.74, 6) is -0.851. The summed E-state index contributed by atoms with van der Waals surface area (Å²) in [6.45, 7) is 5.00. The Balaban J connectivity index is 1.77. The fourth-order valence-corrected chi connectivity index (χ4v) is 2.61. The van der Waals surface area contributed by atoms with Crippen LogP contribution in [0.4, 0.5) is 0 Å². The first-order chi connectivity index (χ1) is 11.9. The van der Waals surface area contributed by atoms with Gasteiger partial charge in [0.05, 0.1) is 0 Å². The highest BCUT2D eigenvalue weighted by Crippen LogP contribution is 2.17. The molecule has 1 fully saturated rings. The fraction of sp³-hybridized carbons (Fsp3) is 0.389. The maximum atomic E-state index is 12.0. The van der Waals surface area contributed by atoms with Gasteiger partial charge in [0.25, 0.3) is 5.91 Å². The van der Waals surface area contributed by atoms with Crippen LogP contribution in [-0.2, 0) is 19.1 Å². The van der Waals surface area contributed by atoms with Crippen LogP contribution in [0.5, 0.6) is 0 Å². The number of hydrogen-bond donors (Lipinski definition) is 0. The smallest absolute Gasteiger partial charge is 0.331 e. The lowest BCUT2D eigenvalue weighted by Crippen LogP contribution is -2.51. The number of carbonyl (C=O) groups is 3. The third kappa shape index (κ3) is 5.60. The largest absolute Gasteiger partial charge is 0.452 e. The number of ether oxygens (including phenoxy) is 1. The van der Waals surface area contributed by atoms with Crippen molar-refractivity contribution in [3.8, 4) is 0 Å². The van der Waals surface area contributed by atoms with Crippen molar-refractivity contribution >= 4 is 35.5 Å². The van der Waals surface area contributed by atoms with E-state index in [2.05, 4.69) is 0 Å². The number of hydrogen-bond acceptors (Lipinski definition) is 4. The molecule has 0 spiro atoms. The van der Waals surface area contributed by atoms with Crippen LogP contribution in [0.1, 0.15) is 18.1 Å². The zero-order chi connectivity index (χ0) is 18.4. The third-order valence-electron chi connectivity index (χ3n) is 4.02. The topological polar surface area (TPSA) is 66.9 Å². The lowest BCUT2D eigenvalue weighted by molar-refractivity contribution is -0.149. The molecule has 6 nitrogen and oxygen atoms in total. The number of carbonyl (C=O) groups excluding carboxylic acids is 3. The average molecular weight is 365 g/mol. The van der Waals surface area contributed by atoms with Crippen LogP contribution in [0, 0.1) is 6.92 Å². The number of rotatable bonds is 4. The van der Waals surface area contributed by atoms with Gasteiger partial charge in [-0.2, -0.15) is 0 Å². The number of piperazine rings is 1. The highest BCUT2D eigenvalue weighted by molar-refractivity contribution is 6.31. The highest BCUT2D eigenvalue weighted by Gasteiger charge is 2.22. The van der Waals surface area contributed by atoms with E-state index in [-0.39, 0.29) is 18.4 Å². The quantitative estimate of drug-likeness (QED) is 0.604. The summed E-state index contributed by atoms with van der Waals surface area (Å²) in [6, 6.07) is 5.45. The van der Waals surface area contributed by atoms with Crippen LogP contribution in [0.3, 0.4) is 0 Å². The van der Waals surface area contributed by atoms with Crippen molar-refractivity contribution < 1.29 is 19.1 Å². The molecule has 0 N–H and O–H groups in total. The summed E-state index contributed by atoms with van der Waals surface area (Å²) >= 11 is 6.02. The van der Waals surface area contributed by atoms with Crippen molar-refractivity contribution in [3.05, 3.63) is 40.4 Å². The van der Waals surface area contributed by atoms with Gasteiger partial charge in [0, 0.05) is 44.2 Å². The standard InChI is InChI=1S/C18H21ClN2O4/c1-13-3-4-15(11-16(13)19)5-6-18(24)25-12-17(23)21-9-7-20(8-10-21)14(2)22/h3-6,11H,7-10,12H2,1-2H3/b6-5+. The predicted octanol–water partition coefficient (Wildman–Crippen LogP) is 1.90. The zero-order valence-electron chi connectivity index (χ0n) is 14.3. The Labute approximate surface area is 152 Å². The number of halogens is 1. The minimum Gasteiger partial charge on any atom is -0.452 e. The van der Waals surface area contributed by atoms with Gasteiger partial charge in [0.1, 0.15) is 0 Å². The summed E-state index contributed by atoms with van der Waals surface area (Å²) in [6.07, 6.45) is 2.85. The molecule has 2 rings (SSSR count). The number of aryl methyl sites for hydroxylation is 1. The normalized spacial score (nSPS) is 14.7. The van der Waals surface area contributed by atoms with Crippen molar-refractivity contribution in [2.75, 3.05) is 32.8 Å². The van der Waals surface area contributed by atoms with Gasteiger partial charge in [0.15, 0.2) is 6.61 Å². The molecule has 134 valence electrons. The van der Waals surface area contributed by atoms with Crippen molar-refractivity contribution in [3.63, 3.8) is 0 Å². The van der Waals surface area contributed by atoms with Crippen molar-refractivity contribution in [2.45, 2.75) is 13.8 Å². The monoisotopic (exact) mass is 364 g/mol.